The highest BCUT2D eigenvalue weighted by Gasteiger charge is 2.34. The summed E-state index contributed by atoms with van der Waals surface area (Å²) in [6.07, 6.45) is -3.02. The van der Waals surface area contributed by atoms with E-state index in [1.165, 1.54) is 47.9 Å². The molecule has 0 fully saturated rings. The molecule has 2 amide bonds. The number of thiazole rings is 1. The fourth-order valence-electron chi connectivity index (χ4n) is 2.10. The SMILES string of the molecule is O=C(Nc1nccs1)Nc1ccccc1Oc1ccccc1C(F)(F)F. The second-order valence-electron chi connectivity index (χ2n) is 5.01. The van der Waals surface area contributed by atoms with Gasteiger partial charge in [-0.2, -0.15) is 13.2 Å². The Morgan fingerprint density at radius 3 is 2.38 bits per heavy atom. The maximum Gasteiger partial charge on any atom is 0.419 e. The minimum absolute atomic E-state index is 0.0819. The molecule has 0 unspecified atom stereocenters. The molecule has 26 heavy (non-hydrogen) atoms. The maximum absolute atomic E-state index is 13.1. The van der Waals surface area contributed by atoms with E-state index in [2.05, 4.69) is 15.6 Å². The van der Waals surface area contributed by atoms with Crippen LogP contribution in [0, 0.1) is 0 Å². The number of para-hydroxylation sites is 3. The number of carbonyl (C=O) groups is 1. The summed E-state index contributed by atoms with van der Waals surface area (Å²) in [5, 5.41) is 7.14. The van der Waals surface area contributed by atoms with Gasteiger partial charge in [-0.15, -0.1) is 11.3 Å². The van der Waals surface area contributed by atoms with Gasteiger partial charge in [-0.3, -0.25) is 5.32 Å². The van der Waals surface area contributed by atoms with Crippen LogP contribution in [0.4, 0.5) is 28.8 Å². The van der Waals surface area contributed by atoms with Crippen LogP contribution < -0.4 is 15.4 Å². The van der Waals surface area contributed by atoms with Crippen molar-refractivity contribution in [3.05, 3.63) is 65.7 Å². The van der Waals surface area contributed by atoms with E-state index in [1.807, 2.05) is 0 Å². The van der Waals surface area contributed by atoms with E-state index in [-0.39, 0.29) is 17.2 Å². The summed E-state index contributed by atoms with van der Waals surface area (Å²) in [6.45, 7) is 0. The van der Waals surface area contributed by atoms with Gasteiger partial charge in [0, 0.05) is 11.6 Å². The molecule has 0 radical (unpaired) electrons. The van der Waals surface area contributed by atoms with Crippen molar-refractivity contribution >= 4 is 28.2 Å². The molecular formula is C17H12F3N3O2S. The number of halogens is 3. The molecule has 0 saturated heterocycles. The Labute approximate surface area is 150 Å². The molecule has 0 aliphatic carbocycles. The largest absolute Gasteiger partial charge is 0.455 e. The number of aromatic nitrogens is 1. The summed E-state index contributed by atoms with van der Waals surface area (Å²) in [7, 11) is 0. The summed E-state index contributed by atoms with van der Waals surface area (Å²) < 4.78 is 44.8. The van der Waals surface area contributed by atoms with E-state index in [4.69, 9.17) is 4.74 Å². The average Bonchev–Trinajstić information content (AvgIpc) is 3.09. The van der Waals surface area contributed by atoms with Crippen LogP contribution in [0.1, 0.15) is 5.56 Å². The smallest absolute Gasteiger partial charge is 0.419 e. The number of alkyl halides is 3. The first-order valence-electron chi connectivity index (χ1n) is 7.34. The van der Waals surface area contributed by atoms with Gasteiger partial charge < -0.3 is 10.1 Å². The molecule has 2 aromatic carbocycles. The zero-order chi connectivity index (χ0) is 18.6. The lowest BCUT2D eigenvalue weighted by Crippen LogP contribution is -2.19. The van der Waals surface area contributed by atoms with E-state index >= 15 is 0 Å². The molecule has 0 spiro atoms. The Hall–Kier alpha value is -3.07. The molecule has 0 atom stereocenters. The standard InChI is InChI=1S/C17H12F3N3O2S/c18-17(19,20)11-5-1-3-7-13(11)25-14-8-4-2-6-12(14)22-15(24)23-16-21-9-10-26-16/h1-10H,(H2,21,22,23,24). The Morgan fingerprint density at radius 1 is 1.00 bits per heavy atom. The third-order valence-electron chi connectivity index (χ3n) is 3.20. The number of amides is 2. The molecule has 3 rings (SSSR count). The van der Waals surface area contributed by atoms with Gasteiger partial charge in [-0.1, -0.05) is 24.3 Å². The number of anilines is 2. The van der Waals surface area contributed by atoms with Gasteiger partial charge in [-0.25, -0.2) is 9.78 Å². The highest BCUT2D eigenvalue weighted by molar-refractivity contribution is 7.13. The van der Waals surface area contributed by atoms with Crippen LogP contribution in [-0.4, -0.2) is 11.0 Å². The first kappa shape index (κ1) is 17.7. The molecule has 1 heterocycles. The van der Waals surface area contributed by atoms with Crippen molar-refractivity contribution in [2.45, 2.75) is 6.18 Å². The van der Waals surface area contributed by atoms with Gasteiger partial charge in [-0.05, 0) is 24.3 Å². The summed E-state index contributed by atoms with van der Waals surface area (Å²) in [5.74, 6) is -0.270. The van der Waals surface area contributed by atoms with Crippen LogP contribution >= 0.6 is 11.3 Å². The average molecular weight is 379 g/mol. The topological polar surface area (TPSA) is 63.2 Å². The monoisotopic (exact) mass is 379 g/mol. The second kappa shape index (κ2) is 7.44. The van der Waals surface area contributed by atoms with E-state index in [9.17, 15) is 18.0 Å². The number of ether oxygens (including phenoxy) is 1. The quantitative estimate of drug-likeness (QED) is 0.620. The van der Waals surface area contributed by atoms with Crippen molar-refractivity contribution in [1.82, 2.24) is 4.98 Å². The molecule has 0 aliphatic rings. The van der Waals surface area contributed by atoms with Gasteiger partial charge in [0.05, 0.1) is 11.3 Å². The molecule has 3 aromatic rings. The van der Waals surface area contributed by atoms with Crippen molar-refractivity contribution in [3.8, 4) is 11.5 Å². The Balaban J connectivity index is 1.81. The zero-order valence-electron chi connectivity index (χ0n) is 13.1. The minimum Gasteiger partial charge on any atom is -0.455 e. The second-order valence-corrected chi connectivity index (χ2v) is 5.90. The Bertz CT molecular complexity index is 898. The number of nitrogens with zero attached hydrogens (tertiary/aromatic N) is 1. The number of benzene rings is 2. The zero-order valence-corrected chi connectivity index (χ0v) is 13.9. The number of hydrogen-bond acceptors (Lipinski definition) is 4. The van der Waals surface area contributed by atoms with Crippen LogP contribution in [0.25, 0.3) is 0 Å². The Morgan fingerprint density at radius 2 is 1.69 bits per heavy atom. The van der Waals surface area contributed by atoms with Gasteiger partial charge in [0.15, 0.2) is 10.9 Å². The van der Waals surface area contributed by atoms with Crippen LogP contribution in [0.15, 0.2) is 60.1 Å². The van der Waals surface area contributed by atoms with Gasteiger partial charge in [0.2, 0.25) is 0 Å². The van der Waals surface area contributed by atoms with Crippen LogP contribution in [0.5, 0.6) is 11.5 Å². The van der Waals surface area contributed by atoms with E-state index in [0.717, 1.165) is 6.07 Å². The third kappa shape index (κ3) is 4.31. The number of rotatable bonds is 4. The van der Waals surface area contributed by atoms with E-state index in [0.29, 0.717) is 5.13 Å². The third-order valence-corrected chi connectivity index (χ3v) is 3.89. The van der Waals surface area contributed by atoms with Crippen molar-refractivity contribution < 1.29 is 22.7 Å². The molecule has 9 heteroatoms. The van der Waals surface area contributed by atoms with Crippen LogP contribution in [0.2, 0.25) is 0 Å². The fourth-order valence-corrected chi connectivity index (χ4v) is 2.63. The van der Waals surface area contributed by atoms with Crippen molar-refractivity contribution in [2.24, 2.45) is 0 Å². The highest BCUT2D eigenvalue weighted by atomic mass is 32.1. The molecule has 0 saturated carbocycles. The lowest BCUT2D eigenvalue weighted by Gasteiger charge is -2.16. The van der Waals surface area contributed by atoms with Gasteiger partial charge in [0.25, 0.3) is 0 Å². The molecule has 2 N–H and O–H groups in total. The lowest BCUT2D eigenvalue weighted by molar-refractivity contribution is -0.138. The van der Waals surface area contributed by atoms with Crippen molar-refractivity contribution in [3.63, 3.8) is 0 Å². The summed E-state index contributed by atoms with van der Waals surface area (Å²) in [4.78, 5) is 15.9. The number of carbonyl (C=O) groups excluding carboxylic acids is 1. The predicted octanol–water partition coefficient (Wildman–Crippen LogP) is 5.60. The molecule has 0 bridgehead atoms. The van der Waals surface area contributed by atoms with E-state index in [1.54, 1.807) is 17.5 Å². The summed E-state index contributed by atoms with van der Waals surface area (Å²) >= 11 is 1.23. The van der Waals surface area contributed by atoms with Crippen molar-refractivity contribution in [2.75, 3.05) is 10.6 Å². The predicted molar refractivity (Wildman–Crippen MR) is 92.7 cm³/mol. The molecular weight excluding hydrogens is 367 g/mol. The van der Waals surface area contributed by atoms with Gasteiger partial charge in [0.1, 0.15) is 5.75 Å². The van der Waals surface area contributed by atoms with E-state index < -0.39 is 17.8 Å². The number of nitrogens with one attached hydrogen (secondary N) is 2. The fraction of sp³-hybridized carbons (Fsp3) is 0.0588. The first-order chi connectivity index (χ1) is 12.4. The van der Waals surface area contributed by atoms with Gasteiger partial charge >= 0.3 is 12.2 Å². The first-order valence-corrected chi connectivity index (χ1v) is 8.22. The summed E-state index contributed by atoms with van der Waals surface area (Å²) in [6, 6.07) is 10.5. The molecule has 5 nitrogen and oxygen atoms in total. The normalized spacial score (nSPS) is 11.0. The molecule has 0 aliphatic heterocycles. The van der Waals surface area contributed by atoms with Crippen LogP contribution in [-0.2, 0) is 6.18 Å². The Kier molecular flexibility index (Phi) is 5.08. The number of urea groups is 1. The molecule has 1 aromatic heterocycles. The van der Waals surface area contributed by atoms with Crippen LogP contribution in [0.3, 0.4) is 0 Å². The number of hydrogen-bond donors (Lipinski definition) is 2. The lowest BCUT2D eigenvalue weighted by atomic mass is 10.2. The van der Waals surface area contributed by atoms with Crippen molar-refractivity contribution in [1.29, 1.82) is 0 Å². The molecule has 134 valence electrons. The highest BCUT2D eigenvalue weighted by Crippen LogP contribution is 2.39. The minimum atomic E-state index is -4.55. The summed E-state index contributed by atoms with van der Waals surface area (Å²) in [5.41, 5.74) is -0.680. The maximum atomic E-state index is 13.1.